The average Bonchev–Trinajstić information content (AvgIpc) is 3.05. The first-order chi connectivity index (χ1) is 13.6. The second-order valence-electron chi connectivity index (χ2n) is 5.94. The highest BCUT2D eigenvalue weighted by molar-refractivity contribution is 7.21. The van der Waals surface area contributed by atoms with Crippen LogP contribution in [0.2, 0.25) is 5.02 Å². The van der Waals surface area contributed by atoms with E-state index in [1.807, 2.05) is 30.3 Å². The van der Waals surface area contributed by atoms with Crippen molar-refractivity contribution in [3.63, 3.8) is 0 Å². The number of thiophene rings is 1. The molecule has 4 aromatic rings. The van der Waals surface area contributed by atoms with E-state index in [1.165, 1.54) is 23.5 Å². The zero-order valence-corrected chi connectivity index (χ0v) is 16.0. The normalized spacial score (nSPS) is 11.2. The van der Waals surface area contributed by atoms with E-state index in [9.17, 15) is 9.18 Å². The van der Waals surface area contributed by atoms with Gasteiger partial charge in [0, 0.05) is 16.3 Å². The minimum absolute atomic E-state index is 0.312. The number of halogens is 2. The molecule has 1 heterocycles. The Hall–Kier alpha value is -3.02. The van der Waals surface area contributed by atoms with Crippen LogP contribution in [0.4, 0.5) is 10.1 Å². The van der Waals surface area contributed by atoms with Gasteiger partial charge in [-0.25, -0.2) is 9.18 Å². The molecule has 0 saturated heterocycles. The molecule has 0 radical (unpaired) electrons. The van der Waals surface area contributed by atoms with Crippen LogP contribution in [0, 0.1) is 5.82 Å². The summed E-state index contributed by atoms with van der Waals surface area (Å²) in [5.41, 5.74) is 1.37. The summed E-state index contributed by atoms with van der Waals surface area (Å²) >= 11 is 7.64. The third-order valence-electron chi connectivity index (χ3n) is 3.98. The number of hydrogen-bond donors (Lipinski definition) is 0. The highest BCUT2D eigenvalue weighted by Crippen LogP contribution is 2.35. The zero-order chi connectivity index (χ0) is 19.5. The number of carbonyl (C=O) groups excluding carboxylic acids is 1. The molecule has 0 fully saturated rings. The lowest BCUT2D eigenvalue weighted by molar-refractivity contribution is 0.0740. The first kappa shape index (κ1) is 18.3. The summed E-state index contributed by atoms with van der Waals surface area (Å²) in [5, 5.41) is 1.24. The van der Waals surface area contributed by atoms with Gasteiger partial charge in [0.2, 0.25) is 0 Å². The van der Waals surface area contributed by atoms with Gasteiger partial charge in [0.25, 0.3) is 0 Å². The smallest absolute Gasteiger partial charge is 0.355 e. The lowest BCUT2D eigenvalue weighted by Gasteiger charge is -2.04. The topological polar surface area (TPSA) is 38.7 Å². The van der Waals surface area contributed by atoms with Gasteiger partial charge in [-0.05, 0) is 48.0 Å². The number of hydrogen-bond acceptors (Lipinski definition) is 4. The molecular formula is C22H13ClFNO2S. The fourth-order valence-corrected chi connectivity index (χ4v) is 4.02. The van der Waals surface area contributed by atoms with Crippen molar-refractivity contribution in [3.8, 4) is 5.75 Å². The van der Waals surface area contributed by atoms with Crippen LogP contribution >= 0.6 is 22.9 Å². The summed E-state index contributed by atoms with van der Waals surface area (Å²) < 4.78 is 19.4. The minimum Gasteiger partial charge on any atom is -0.422 e. The molecule has 0 bridgehead atoms. The summed E-state index contributed by atoms with van der Waals surface area (Å²) in [7, 11) is 0. The molecule has 0 aliphatic carbocycles. The van der Waals surface area contributed by atoms with E-state index < -0.39 is 5.97 Å². The maximum absolute atomic E-state index is 13.0. The predicted molar refractivity (Wildman–Crippen MR) is 112 cm³/mol. The molecule has 0 spiro atoms. The van der Waals surface area contributed by atoms with E-state index in [-0.39, 0.29) is 5.82 Å². The highest BCUT2D eigenvalue weighted by Gasteiger charge is 2.18. The van der Waals surface area contributed by atoms with E-state index in [2.05, 4.69) is 4.99 Å². The van der Waals surface area contributed by atoms with Crippen LogP contribution in [-0.4, -0.2) is 12.2 Å². The molecule has 1 aromatic heterocycles. The summed E-state index contributed by atoms with van der Waals surface area (Å²) in [5.74, 6) is -0.423. The maximum atomic E-state index is 13.0. The monoisotopic (exact) mass is 409 g/mol. The second-order valence-corrected chi connectivity index (χ2v) is 7.37. The van der Waals surface area contributed by atoms with E-state index >= 15 is 0 Å². The fourth-order valence-electron chi connectivity index (χ4n) is 2.63. The molecule has 0 amide bonds. The lowest BCUT2D eigenvalue weighted by atomic mass is 10.2. The van der Waals surface area contributed by atoms with Gasteiger partial charge < -0.3 is 4.74 Å². The summed E-state index contributed by atoms with van der Waals surface area (Å²) in [6.45, 7) is 0. The van der Waals surface area contributed by atoms with Crippen LogP contribution in [0.25, 0.3) is 10.1 Å². The first-order valence-electron chi connectivity index (χ1n) is 8.39. The molecule has 0 unspecified atom stereocenters. The summed E-state index contributed by atoms with van der Waals surface area (Å²) in [4.78, 5) is 17.2. The molecule has 0 saturated carbocycles. The van der Waals surface area contributed by atoms with E-state index in [4.69, 9.17) is 16.3 Å². The molecule has 0 N–H and O–H groups in total. The van der Waals surface area contributed by atoms with Gasteiger partial charge in [-0.3, -0.25) is 4.99 Å². The first-order valence-corrected chi connectivity index (χ1v) is 9.58. The van der Waals surface area contributed by atoms with Gasteiger partial charge in [0.1, 0.15) is 16.4 Å². The van der Waals surface area contributed by atoms with Crippen LogP contribution in [-0.2, 0) is 0 Å². The largest absolute Gasteiger partial charge is 0.422 e. The number of rotatable bonds is 4. The Labute approximate surface area is 169 Å². The minimum atomic E-state index is -0.501. The Morgan fingerprint density at radius 2 is 1.82 bits per heavy atom. The Balaban J connectivity index is 1.53. The van der Waals surface area contributed by atoms with Crippen molar-refractivity contribution in [1.29, 1.82) is 0 Å². The molecule has 3 aromatic carbocycles. The quantitative estimate of drug-likeness (QED) is 0.214. The number of nitrogens with zero attached hydrogens (tertiary/aromatic N) is 1. The summed E-state index contributed by atoms with van der Waals surface area (Å²) in [6.07, 6.45) is 1.62. The molecule has 6 heteroatoms. The Bertz CT molecular complexity index is 1180. The van der Waals surface area contributed by atoms with Gasteiger partial charge in [-0.1, -0.05) is 41.9 Å². The molecule has 3 nitrogen and oxygen atoms in total. The van der Waals surface area contributed by atoms with Crippen LogP contribution in [0.1, 0.15) is 15.2 Å². The number of ether oxygens (including phenoxy) is 1. The van der Waals surface area contributed by atoms with Crippen LogP contribution in [0.15, 0.2) is 77.8 Å². The molecule has 138 valence electrons. The third kappa shape index (κ3) is 3.96. The SMILES string of the molecule is O=C(Oc1cccc(C=Nc2ccc(F)cc2)c1)c1sc2ccccc2c1Cl. The van der Waals surface area contributed by atoms with Crippen LogP contribution < -0.4 is 4.74 Å². The zero-order valence-electron chi connectivity index (χ0n) is 14.4. The van der Waals surface area contributed by atoms with E-state index in [0.29, 0.717) is 21.3 Å². The van der Waals surface area contributed by atoms with Crippen molar-refractivity contribution in [2.45, 2.75) is 0 Å². The molecule has 0 atom stereocenters. The molecule has 28 heavy (non-hydrogen) atoms. The van der Waals surface area contributed by atoms with Gasteiger partial charge >= 0.3 is 5.97 Å². The highest BCUT2D eigenvalue weighted by atomic mass is 35.5. The van der Waals surface area contributed by atoms with Gasteiger partial charge in [-0.15, -0.1) is 11.3 Å². The molecule has 4 rings (SSSR count). The average molecular weight is 410 g/mol. The van der Waals surface area contributed by atoms with Crippen molar-refractivity contribution in [2.75, 3.05) is 0 Å². The molecule has 0 aliphatic rings. The molecule has 0 aliphatic heterocycles. The van der Waals surface area contributed by atoms with Crippen molar-refractivity contribution in [1.82, 2.24) is 0 Å². The standard InChI is InChI=1S/C22H13ClFNO2S/c23-20-18-6-1-2-7-19(18)28-21(20)22(26)27-17-5-3-4-14(12-17)13-25-16-10-8-15(24)9-11-16/h1-13H. The van der Waals surface area contributed by atoms with Crippen molar-refractivity contribution >= 4 is 50.9 Å². The number of esters is 1. The van der Waals surface area contributed by atoms with E-state index in [0.717, 1.165) is 15.6 Å². The Morgan fingerprint density at radius 3 is 2.61 bits per heavy atom. The van der Waals surface area contributed by atoms with Crippen molar-refractivity contribution < 1.29 is 13.9 Å². The number of benzene rings is 3. The van der Waals surface area contributed by atoms with Crippen molar-refractivity contribution in [2.24, 2.45) is 4.99 Å². The number of aliphatic imine (C=N–C) groups is 1. The Kier molecular flexibility index (Phi) is 5.19. The maximum Gasteiger partial charge on any atom is 0.355 e. The van der Waals surface area contributed by atoms with Gasteiger partial charge in [-0.2, -0.15) is 0 Å². The fraction of sp³-hybridized carbons (Fsp3) is 0. The molecular weight excluding hydrogens is 397 g/mol. The third-order valence-corrected chi connectivity index (χ3v) is 5.63. The van der Waals surface area contributed by atoms with Gasteiger partial charge in [0.05, 0.1) is 10.7 Å². The van der Waals surface area contributed by atoms with E-state index in [1.54, 1.807) is 36.5 Å². The predicted octanol–water partition coefficient (Wildman–Crippen LogP) is 6.66. The number of carbonyl (C=O) groups is 1. The van der Waals surface area contributed by atoms with Crippen molar-refractivity contribution in [3.05, 3.63) is 94.1 Å². The second kappa shape index (κ2) is 7.92. The lowest BCUT2D eigenvalue weighted by Crippen LogP contribution is -2.07. The van der Waals surface area contributed by atoms with Gasteiger partial charge in [0.15, 0.2) is 0 Å². The summed E-state index contributed by atoms with van der Waals surface area (Å²) in [6, 6.07) is 20.4. The van der Waals surface area contributed by atoms with Crippen LogP contribution in [0.5, 0.6) is 5.75 Å². The number of fused-ring (bicyclic) bond motifs is 1. The Morgan fingerprint density at radius 1 is 1.04 bits per heavy atom. The van der Waals surface area contributed by atoms with Crippen LogP contribution in [0.3, 0.4) is 0 Å².